The fourth-order valence-electron chi connectivity index (χ4n) is 3.58. The molecular formula is C22H16FN5OS. The molecule has 1 atom stereocenters. The number of aromatic nitrogens is 2. The van der Waals surface area contributed by atoms with E-state index in [0.717, 1.165) is 27.4 Å². The highest BCUT2D eigenvalue weighted by molar-refractivity contribution is 7.12. The zero-order valence-corrected chi connectivity index (χ0v) is 16.5. The van der Waals surface area contributed by atoms with E-state index in [1.165, 1.54) is 17.3 Å². The third-order valence-corrected chi connectivity index (χ3v) is 5.94. The van der Waals surface area contributed by atoms with E-state index in [1.54, 1.807) is 28.2 Å². The van der Waals surface area contributed by atoms with Gasteiger partial charge in [-0.1, -0.05) is 24.3 Å². The van der Waals surface area contributed by atoms with E-state index in [-0.39, 0.29) is 5.82 Å². The normalized spacial score (nSPS) is 16.0. The van der Waals surface area contributed by atoms with E-state index < -0.39 is 6.04 Å². The second-order valence-corrected chi connectivity index (χ2v) is 7.81. The number of rotatable bonds is 5. The molecule has 1 aliphatic rings. The van der Waals surface area contributed by atoms with Crippen LogP contribution in [0, 0.1) is 10.7 Å². The lowest BCUT2D eigenvalue weighted by molar-refractivity contribution is 0.242. The first-order valence-electron chi connectivity index (χ1n) is 9.38. The number of nitroso groups, excluding NO2 is 1. The SMILES string of the molecule is O=NN1N=C(c2cccs2)CC1c1cn(-c2ccccc2)nc1-c1ccc(F)cc1. The van der Waals surface area contributed by atoms with Crippen LogP contribution in [0.15, 0.2) is 88.7 Å². The first-order chi connectivity index (χ1) is 14.7. The molecule has 0 saturated heterocycles. The number of hydrazone groups is 1. The largest absolute Gasteiger partial charge is 0.240 e. The van der Waals surface area contributed by atoms with Gasteiger partial charge >= 0.3 is 0 Å². The van der Waals surface area contributed by atoms with Gasteiger partial charge in [-0.15, -0.1) is 21.4 Å². The molecule has 0 bridgehead atoms. The van der Waals surface area contributed by atoms with Crippen LogP contribution in [0.4, 0.5) is 4.39 Å². The Bertz CT molecular complexity index is 1200. The van der Waals surface area contributed by atoms with Gasteiger partial charge in [0.05, 0.1) is 27.3 Å². The van der Waals surface area contributed by atoms with Crippen LogP contribution in [-0.4, -0.2) is 20.6 Å². The zero-order valence-electron chi connectivity index (χ0n) is 15.7. The molecule has 0 fully saturated rings. The second kappa shape index (κ2) is 7.64. The summed E-state index contributed by atoms with van der Waals surface area (Å²) in [5.41, 5.74) is 3.93. The van der Waals surface area contributed by atoms with E-state index >= 15 is 0 Å². The molecule has 1 aliphatic heterocycles. The van der Waals surface area contributed by atoms with Crippen molar-refractivity contribution in [1.29, 1.82) is 0 Å². The average Bonchev–Trinajstić information content (AvgIpc) is 3.53. The third kappa shape index (κ3) is 3.31. The van der Waals surface area contributed by atoms with E-state index in [4.69, 9.17) is 5.10 Å². The lowest BCUT2D eigenvalue weighted by Gasteiger charge is -2.15. The predicted octanol–water partition coefficient (Wildman–Crippen LogP) is 5.57. The first kappa shape index (κ1) is 18.4. The number of hydrogen-bond acceptors (Lipinski definition) is 5. The Morgan fingerprint density at radius 1 is 1.03 bits per heavy atom. The average molecular weight is 417 g/mol. The summed E-state index contributed by atoms with van der Waals surface area (Å²) in [7, 11) is 0. The molecule has 30 heavy (non-hydrogen) atoms. The monoisotopic (exact) mass is 417 g/mol. The Morgan fingerprint density at radius 2 is 1.83 bits per heavy atom. The standard InChI is InChI=1S/C22H16FN5OS/c23-16-10-8-15(9-11-16)22-18(14-27(25-22)17-5-2-1-3-6-17)20-13-19(24-28(20)26-29)21-7-4-12-30-21/h1-12,14,20H,13H2. The molecule has 4 aromatic rings. The van der Waals surface area contributed by atoms with Gasteiger partial charge in [-0.2, -0.15) is 10.2 Å². The minimum Gasteiger partial charge on any atom is -0.240 e. The molecule has 3 heterocycles. The summed E-state index contributed by atoms with van der Waals surface area (Å²) in [5.74, 6) is -0.317. The molecule has 0 N–H and O–H groups in total. The summed E-state index contributed by atoms with van der Waals surface area (Å²) in [6, 6.07) is 19.4. The van der Waals surface area contributed by atoms with Crippen LogP contribution >= 0.6 is 11.3 Å². The van der Waals surface area contributed by atoms with Crippen molar-refractivity contribution in [3.63, 3.8) is 0 Å². The number of para-hydroxylation sites is 1. The second-order valence-electron chi connectivity index (χ2n) is 6.87. The van der Waals surface area contributed by atoms with Crippen molar-refractivity contribution in [2.75, 3.05) is 0 Å². The molecule has 2 aromatic carbocycles. The number of nitrogens with zero attached hydrogens (tertiary/aromatic N) is 5. The Balaban J connectivity index is 1.60. The topological polar surface area (TPSA) is 62.9 Å². The zero-order chi connectivity index (χ0) is 20.5. The molecular weight excluding hydrogens is 401 g/mol. The maximum absolute atomic E-state index is 13.5. The fourth-order valence-corrected chi connectivity index (χ4v) is 4.30. The highest BCUT2D eigenvalue weighted by atomic mass is 32.1. The molecule has 148 valence electrons. The maximum atomic E-state index is 13.5. The highest BCUT2D eigenvalue weighted by Gasteiger charge is 2.34. The smallest absolute Gasteiger partial charge is 0.123 e. The van der Waals surface area contributed by atoms with Crippen LogP contribution in [0.1, 0.15) is 22.9 Å². The van der Waals surface area contributed by atoms with Gasteiger partial charge in [0, 0.05) is 23.7 Å². The first-order valence-corrected chi connectivity index (χ1v) is 10.3. The number of benzene rings is 2. The van der Waals surface area contributed by atoms with Crippen LogP contribution in [-0.2, 0) is 0 Å². The Morgan fingerprint density at radius 3 is 2.53 bits per heavy atom. The number of halogens is 1. The van der Waals surface area contributed by atoms with E-state index in [1.807, 2.05) is 54.0 Å². The van der Waals surface area contributed by atoms with Crippen LogP contribution in [0.3, 0.4) is 0 Å². The van der Waals surface area contributed by atoms with E-state index in [9.17, 15) is 9.30 Å². The molecule has 1 unspecified atom stereocenters. The lowest BCUT2D eigenvalue weighted by atomic mass is 9.99. The molecule has 8 heteroatoms. The van der Waals surface area contributed by atoms with Gasteiger partial charge in [-0.3, -0.25) is 0 Å². The van der Waals surface area contributed by atoms with E-state index in [0.29, 0.717) is 12.1 Å². The molecule has 0 saturated carbocycles. The summed E-state index contributed by atoms with van der Waals surface area (Å²) >= 11 is 1.57. The van der Waals surface area contributed by atoms with Gasteiger partial charge < -0.3 is 0 Å². The van der Waals surface area contributed by atoms with E-state index in [2.05, 4.69) is 10.4 Å². The highest BCUT2D eigenvalue weighted by Crippen LogP contribution is 2.38. The molecule has 0 spiro atoms. The van der Waals surface area contributed by atoms with Gasteiger partial charge in [0.1, 0.15) is 11.9 Å². The van der Waals surface area contributed by atoms with Crippen molar-refractivity contribution in [2.45, 2.75) is 12.5 Å². The van der Waals surface area contributed by atoms with Gasteiger partial charge in [-0.05, 0) is 47.8 Å². The summed E-state index contributed by atoms with van der Waals surface area (Å²) < 4.78 is 15.3. The van der Waals surface area contributed by atoms with Crippen LogP contribution in [0.25, 0.3) is 16.9 Å². The predicted molar refractivity (Wildman–Crippen MR) is 115 cm³/mol. The van der Waals surface area contributed by atoms with Crippen molar-refractivity contribution in [3.05, 3.63) is 99.5 Å². The summed E-state index contributed by atoms with van der Waals surface area (Å²) in [5, 5.41) is 15.5. The minimum absolute atomic E-state index is 0.317. The number of thiophene rings is 1. The molecule has 6 nitrogen and oxygen atoms in total. The minimum atomic E-state index is -0.392. The van der Waals surface area contributed by atoms with Gasteiger partial charge in [0.2, 0.25) is 0 Å². The van der Waals surface area contributed by atoms with Crippen LogP contribution in [0.2, 0.25) is 0 Å². The van der Waals surface area contributed by atoms with Crippen molar-refractivity contribution >= 4 is 17.0 Å². The third-order valence-electron chi connectivity index (χ3n) is 5.02. The van der Waals surface area contributed by atoms with Crippen molar-refractivity contribution in [3.8, 4) is 16.9 Å². The van der Waals surface area contributed by atoms with Crippen LogP contribution in [0.5, 0.6) is 0 Å². The van der Waals surface area contributed by atoms with Crippen molar-refractivity contribution in [2.24, 2.45) is 10.4 Å². The molecule has 0 aliphatic carbocycles. The maximum Gasteiger partial charge on any atom is 0.123 e. The Kier molecular flexibility index (Phi) is 4.68. The van der Waals surface area contributed by atoms with Gasteiger partial charge in [0.25, 0.3) is 0 Å². The quantitative estimate of drug-likeness (QED) is 0.399. The number of hydrogen-bond donors (Lipinski definition) is 0. The van der Waals surface area contributed by atoms with Crippen LogP contribution < -0.4 is 0 Å². The molecule has 2 aromatic heterocycles. The Labute approximate surface area is 175 Å². The van der Waals surface area contributed by atoms with Gasteiger partial charge in [-0.25, -0.2) is 9.07 Å². The molecule has 0 amide bonds. The summed E-state index contributed by atoms with van der Waals surface area (Å²) in [6.07, 6.45) is 2.42. The molecule has 5 rings (SSSR count). The fraction of sp³-hybridized carbons (Fsp3) is 0.0909. The summed E-state index contributed by atoms with van der Waals surface area (Å²) in [4.78, 5) is 12.6. The lowest BCUT2D eigenvalue weighted by Crippen LogP contribution is -2.13. The molecule has 0 radical (unpaired) electrons. The van der Waals surface area contributed by atoms with Crippen molar-refractivity contribution in [1.82, 2.24) is 14.9 Å². The Hall–Kier alpha value is -3.65. The van der Waals surface area contributed by atoms with Gasteiger partial charge in [0.15, 0.2) is 0 Å². The summed E-state index contributed by atoms with van der Waals surface area (Å²) in [6.45, 7) is 0. The van der Waals surface area contributed by atoms with Crippen molar-refractivity contribution < 1.29 is 4.39 Å².